The Labute approximate surface area is 238 Å². The fourth-order valence-corrected chi connectivity index (χ4v) is 5.68. The zero-order valence-electron chi connectivity index (χ0n) is 26.2. The third-order valence-corrected chi connectivity index (χ3v) is 8.05. The second-order valence-corrected chi connectivity index (χ2v) is 11.9. The SMILES string of the molecule is CCCCCCCCCCCCCCc1cc(C)cc(C)[n+]1CCNC(=O)CCCCCCCCCCC. The molecule has 0 unspecified atom stereocenters. The van der Waals surface area contributed by atoms with Crippen molar-refractivity contribution in [2.45, 2.75) is 182 Å². The number of rotatable bonds is 26. The molecule has 0 fully saturated rings. The molecule has 38 heavy (non-hydrogen) atoms. The second-order valence-electron chi connectivity index (χ2n) is 11.9. The number of pyridine rings is 1. The van der Waals surface area contributed by atoms with Crippen molar-refractivity contribution >= 4 is 5.91 Å². The zero-order chi connectivity index (χ0) is 27.7. The summed E-state index contributed by atoms with van der Waals surface area (Å²) in [6, 6.07) is 4.63. The maximum absolute atomic E-state index is 12.3. The molecule has 0 bridgehead atoms. The molecular formula is C35H65N2O+. The van der Waals surface area contributed by atoms with Crippen molar-refractivity contribution in [3.63, 3.8) is 0 Å². The molecule has 0 aromatic carbocycles. The van der Waals surface area contributed by atoms with Gasteiger partial charge in [0.25, 0.3) is 0 Å². The van der Waals surface area contributed by atoms with Crippen molar-refractivity contribution in [1.82, 2.24) is 5.32 Å². The van der Waals surface area contributed by atoms with Crippen LogP contribution < -0.4 is 9.88 Å². The van der Waals surface area contributed by atoms with Crippen molar-refractivity contribution in [1.29, 1.82) is 0 Å². The Balaban J connectivity index is 2.18. The molecule has 1 rings (SSSR count). The van der Waals surface area contributed by atoms with Crippen LogP contribution in [-0.4, -0.2) is 12.5 Å². The van der Waals surface area contributed by atoms with Crippen LogP contribution in [0, 0.1) is 13.8 Å². The Morgan fingerprint density at radius 3 is 1.58 bits per heavy atom. The Hall–Kier alpha value is -1.38. The van der Waals surface area contributed by atoms with Crippen LogP contribution in [0.15, 0.2) is 12.1 Å². The number of carbonyl (C=O) groups is 1. The highest BCUT2D eigenvalue weighted by Crippen LogP contribution is 2.14. The molecule has 0 aliphatic carbocycles. The minimum Gasteiger partial charge on any atom is -0.350 e. The Morgan fingerprint density at radius 1 is 0.632 bits per heavy atom. The van der Waals surface area contributed by atoms with E-state index in [1.165, 1.54) is 145 Å². The lowest BCUT2D eigenvalue weighted by Gasteiger charge is -2.10. The largest absolute Gasteiger partial charge is 0.350 e. The molecule has 0 saturated heterocycles. The number of aromatic nitrogens is 1. The van der Waals surface area contributed by atoms with Gasteiger partial charge in [-0.15, -0.1) is 0 Å². The molecule has 0 spiro atoms. The van der Waals surface area contributed by atoms with Gasteiger partial charge < -0.3 is 5.32 Å². The minimum absolute atomic E-state index is 0.223. The van der Waals surface area contributed by atoms with Crippen molar-refractivity contribution in [3.05, 3.63) is 29.1 Å². The number of unbranched alkanes of at least 4 members (excludes halogenated alkanes) is 19. The number of hydrogen-bond donors (Lipinski definition) is 1. The van der Waals surface area contributed by atoms with Gasteiger partial charge in [0, 0.05) is 31.9 Å². The third kappa shape index (κ3) is 18.8. The van der Waals surface area contributed by atoms with Crippen LogP contribution in [0.2, 0.25) is 0 Å². The summed E-state index contributed by atoms with van der Waals surface area (Å²) in [5.41, 5.74) is 4.09. The number of hydrogen-bond acceptors (Lipinski definition) is 1. The van der Waals surface area contributed by atoms with Crippen molar-refractivity contribution in [2.75, 3.05) is 6.54 Å². The van der Waals surface area contributed by atoms with Crippen molar-refractivity contribution < 1.29 is 9.36 Å². The molecule has 0 radical (unpaired) electrons. The maximum atomic E-state index is 12.3. The number of nitrogens with zero attached hydrogens (tertiary/aromatic N) is 1. The summed E-state index contributed by atoms with van der Waals surface area (Å²) in [4.78, 5) is 12.3. The summed E-state index contributed by atoms with van der Waals surface area (Å²) in [6.07, 6.45) is 30.2. The highest BCUT2D eigenvalue weighted by molar-refractivity contribution is 5.75. The first-order chi connectivity index (χ1) is 18.6. The predicted octanol–water partition coefficient (Wildman–Crippen LogP) is 9.87. The summed E-state index contributed by atoms with van der Waals surface area (Å²) in [7, 11) is 0. The molecule has 0 atom stereocenters. The summed E-state index contributed by atoms with van der Waals surface area (Å²) in [5, 5.41) is 3.18. The molecule has 3 heteroatoms. The Kier molecular flexibility index (Phi) is 22.5. The minimum atomic E-state index is 0.223. The monoisotopic (exact) mass is 530 g/mol. The highest BCUT2D eigenvalue weighted by Gasteiger charge is 2.15. The van der Waals surface area contributed by atoms with Gasteiger partial charge in [0.05, 0.1) is 6.54 Å². The Morgan fingerprint density at radius 2 is 1.08 bits per heavy atom. The van der Waals surface area contributed by atoms with Crippen LogP contribution >= 0.6 is 0 Å². The molecule has 1 amide bonds. The fourth-order valence-electron chi connectivity index (χ4n) is 5.68. The number of aryl methyl sites for hydroxylation is 3. The van der Waals surface area contributed by atoms with Crippen LogP contribution in [0.5, 0.6) is 0 Å². The molecule has 220 valence electrons. The number of carbonyl (C=O) groups excluding carboxylic acids is 1. The van der Waals surface area contributed by atoms with E-state index in [1.807, 2.05) is 0 Å². The molecule has 1 heterocycles. The van der Waals surface area contributed by atoms with E-state index < -0.39 is 0 Å². The van der Waals surface area contributed by atoms with Gasteiger partial charge in [-0.1, -0.05) is 136 Å². The maximum Gasteiger partial charge on any atom is 0.220 e. The zero-order valence-corrected chi connectivity index (χ0v) is 26.2. The molecule has 0 saturated carbocycles. The standard InChI is InChI=1S/C35H64N2O/c1-5-7-9-11-13-15-16-17-19-20-22-24-26-34-31-32(3)30-33(4)37(34)29-28-36-35(38)27-25-23-21-18-14-12-10-8-6-2/h30-31H,5-29H2,1-4H3/p+1. The average molecular weight is 530 g/mol. The van der Waals surface area contributed by atoms with Gasteiger partial charge >= 0.3 is 0 Å². The van der Waals surface area contributed by atoms with Gasteiger partial charge in [0.1, 0.15) is 0 Å². The van der Waals surface area contributed by atoms with Gasteiger partial charge in [0.2, 0.25) is 5.91 Å². The van der Waals surface area contributed by atoms with Crippen LogP contribution in [-0.2, 0) is 17.8 Å². The van der Waals surface area contributed by atoms with E-state index in [0.717, 1.165) is 25.9 Å². The van der Waals surface area contributed by atoms with Gasteiger partial charge in [-0.3, -0.25) is 4.79 Å². The van der Waals surface area contributed by atoms with E-state index >= 15 is 0 Å². The van der Waals surface area contributed by atoms with E-state index in [-0.39, 0.29) is 5.91 Å². The topological polar surface area (TPSA) is 33.0 Å². The number of nitrogens with one attached hydrogen (secondary N) is 1. The summed E-state index contributed by atoms with van der Waals surface area (Å²) >= 11 is 0. The lowest BCUT2D eigenvalue weighted by atomic mass is 10.0. The first-order valence-electron chi connectivity index (χ1n) is 16.8. The molecule has 1 aromatic heterocycles. The van der Waals surface area contributed by atoms with E-state index in [1.54, 1.807) is 0 Å². The van der Waals surface area contributed by atoms with Crippen LogP contribution in [0.25, 0.3) is 0 Å². The van der Waals surface area contributed by atoms with E-state index in [4.69, 9.17) is 0 Å². The molecule has 3 nitrogen and oxygen atoms in total. The van der Waals surface area contributed by atoms with Gasteiger partial charge in [0.15, 0.2) is 17.9 Å². The number of amides is 1. The first kappa shape index (κ1) is 34.6. The summed E-state index contributed by atoms with van der Waals surface area (Å²) in [6.45, 7) is 10.6. The van der Waals surface area contributed by atoms with Crippen molar-refractivity contribution in [2.24, 2.45) is 0 Å². The van der Waals surface area contributed by atoms with Crippen LogP contribution in [0.3, 0.4) is 0 Å². The average Bonchev–Trinajstić information content (AvgIpc) is 2.89. The van der Waals surface area contributed by atoms with Gasteiger partial charge in [-0.25, -0.2) is 0 Å². The molecular weight excluding hydrogens is 464 g/mol. The highest BCUT2D eigenvalue weighted by atomic mass is 16.1. The smallest absolute Gasteiger partial charge is 0.220 e. The molecule has 0 aliphatic heterocycles. The van der Waals surface area contributed by atoms with Crippen LogP contribution in [0.4, 0.5) is 0 Å². The first-order valence-corrected chi connectivity index (χ1v) is 16.8. The normalized spacial score (nSPS) is 11.3. The molecule has 1 aromatic rings. The third-order valence-electron chi connectivity index (χ3n) is 8.05. The summed E-state index contributed by atoms with van der Waals surface area (Å²) in [5.74, 6) is 0.223. The van der Waals surface area contributed by atoms with E-state index in [0.29, 0.717) is 6.42 Å². The lowest BCUT2D eigenvalue weighted by Crippen LogP contribution is -2.46. The Bertz CT molecular complexity index is 699. The predicted molar refractivity (Wildman–Crippen MR) is 166 cm³/mol. The van der Waals surface area contributed by atoms with Crippen LogP contribution in [0.1, 0.15) is 172 Å². The van der Waals surface area contributed by atoms with Gasteiger partial charge in [-0.2, -0.15) is 4.57 Å². The molecule has 0 aliphatic rings. The molecule has 1 N–H and O–H groups in total. The van der Waals surface area contributed by atoms with Crippen molar-refractivity contribution in [3.8, 4) is 0 Å². The fraction of sp³-hybridized carbons (Fsp3) is 0.829. The van der Waals surface area contributed by atoms with Gasteiger partial charge in [-0.05, 0) is 25.3 Å². The summed E-state index contributed by atoms with van der Waals surface area (Å²) < 4.78 is 2.43. The quantitative estimate of drug-likeness (QED) is 0.0940. The van der Waals surface area contributed by atoms with E-state index in [2.05, 4.69) is 49.7 Å². The lowest BCUT2D eigenvalue weighted by molar-refractivity contribution is -0.707. The second kappa shape index (κ2) is 24.6. The van der Waals surface area contributed by atoms with E-state index in [9.17, 15) is 4.79 Å².